The van der Waals surface area contributed by atoms with Crippen molar-refractivity contribution in [2.24, 2.45) is 0 Å². The van der Waals surface area contributed by atoms with E-state index < -0.39 is 5.91 Å². The van der Waals surface area contributed by atoms with E-state index in [1.165, 1.54) is 30.5 Å². The molecule has 2 rings (SSSR count). The number of hydrogen-bond donors (Lipinski definition) is 1. The van der Waals surface area contributed by atoms with Gasteiger partial charge in [-0.1, -0.05) is 18.2 Å². The molecule has 100 valence electrons. The Labute approximate surface area is 120 Å². The summed E-state index contributed by atoms with van der Waals surface area (Å²) in [5.41, 5.74) is 0.532. The number of carbonyl (C=O) groups is 1. The van der Waals surface area contributed by atoms with Crippen LogP contribution in [0.1, 0.15) is 4.88 Å². The largest absolute Gasteiger partial charge is 0.354 e. The highest BCUT2D eigenvalue weighted by molar-refractivity contribution is 7.16. The average molecular weight is 286 g/mol. The minimum Gasteiger partial charge on any atom is -0.354 e. The summed E-state index contributed by atoms with van der Waals surface area (Å²) in [5, 5.41) is 11.3. The Hall–Kier alpha value is -2.45. The zero-order valence-electron chi connectivity index (χ0n) is 10.7. The number of carbonyl (C=O) groups excluding carboxylic acids is 1. The molecule has 0 aliphatic heterocycles. The standard InChI is InChI=1S/C15H11FN2OS/c1-18-15(19)10(9-17)8-11-6-7-14(20-11)12-4-2-3-5-13(12)16/h2-8H,1H3,(H,18,19). The lowest BCUT2D eigenvalue weighted by Crippen LogP contribution is -2.18. The Bertz CT molecular complexity index is 713. The van der Waals surface area contributed by atoms with Crippen molar-refractivity contribution in [3.63, 3.8) is 0 Å². The fourth-order valence-electron chi connectivity index (χ4n) is 1.66. The number of nitrogens with zero attached hydrogens (tertiary/aromatic N) is 1. The third-order valence-corrected chi connectivity index (χ3v) is 3.71. The highest BCUT2D eigenvalue weighted by Crippen LogP contribution is 2.31. The fraction of sp³-hybridized carbons (Fsp3) is 0.0667. The molecule has 5 heteroatoms. The van der Waals surface area contributed by atoms with Crippen LogP contribution in [0.15, 0.2) is 42.0 Å². The number of halogens is 1. The molecular weight excluding hydrogens is 275 g/mol. The van der Waals surface area contributed by atoms with Crippen molar-refractivity contribution >= 4 is 23.3 Å². The van der Waals surface area contributed by atoms with Crippen molar-refractivity contribution < 1.29 is 9.18 Å². The Morgan fingerprint density at radius 2 is 2.10 bits per heavy atom. The van der Waals surface area contributed by atoms with Gasteiger partial charge >= 0.3 is 0 Å². The zero-order valence-corrected chi connectivity index (χ0v) is 11.5. The second-order valence-electron chi connectivity index (χ2n) is 3.93. The van der Waals surface area contributed by atoms with Crippen molar-refractivity contribution in [2.45, 2.75) is 0 Å². The van der Waals surface area contributed by atoms with Gasteiger partial charge in [0.15, 0.2) is 0 Å². The van der Waals surface area contributed by atoms with Crippen LogP contribution in [0.4, 0.5) is 4.39 Å². The summed E-state index contributed by atoms with van der Waals surface area (Å²) in [4.78, 5) is 12.9. The maximum atomic E-state index is 13.7. The monoisotopic (exact) mass is 286 g/mol. The molecule has 3 nitrogen and oxygen atoms in total. The normalized spacial score (nSPS) is 10.9. The molecule has 1 aromatic carbocycles. The van der Waals surface area contributed by atoms with Crippen LogP contribution in [-0.4, -0.2) is 13.0 Å². The van der Waals surface area contributed by atoms with Gasteiger partial charge in [-0.05, 0) is 24.3 Å². The molecule has 0 aliphatic rings. The summed E-state index contributed by atoms with van der Waals surface area (Å²) in [6.07, 6.45) is 1.49. The van der Waals surface area contributed by atoms with E-state index in [1.54, 1.807) is 30.3 Å². The molecule has 1 N–H and O–H groups in total. The number of nitriles is 1. The van der Waals surface area contributed by atoms with Gasteiger partial charge in [0.25, 0.3) is 5.91 Å². The molecule has 1 amide bonds. The zero-order chi connectivity index (χ0) is 14.5. The first-order chi connectivity index (χ1) is 9.65. The fourth-order valence-corrected chi connectivity index (χ4v) is 2.64. The van der Waals surface area contributed by atoms with Gasteiger partial charge in [0.1, 0.15) is 17.5 Å². The quantitative estimate of drug-likeness (QED) is 0.696. The van der Waals surface area contributed by atoms with E-state index in [-0.39, 0.29) is 11.4 Å². The molecule has 1 aromatic heterocycles. The lowest BCUT2D eigenvalue weighted by atomic mass is 10.2. The van der Waals surface area contributed by atoms with Gasteiger partial charge in [0.2, 0.25) is 0 Å². The summed E-state index contributed by atoms with van der Waals surface area (Å²) in [5.74, 6) is -0.731. The molecule has 1 heterocycles. The first-order valence-corrected chi connectivity index (χ1v) is 6.66. The molecule has 20 heavy (non-hydrogen) atoms. The predicted octanol–water partition coefficient (Wildman–Crippen LogP) is 3.21. The van der Waals surface area contributed by atoms with Crippen LogP contribution in [0.3, 0.4) is 0 Å². The highest BCUT2D eigenvalue weighted by Gasteiger charge is 2.09. The highest BCUT2D eigenvalue weighted by atomic mass is 32.1. The number of likely N-dealkylation sites (N-methyl/N-ethyl adjacent to an activating group) is 1. The summed E-state index contributed by atoms with van der Waals surface area (Å²) in [7, 11) is 1.46. The molecule has 0 bridgehead atoms. The van der Waals surface area contributed by atoms with Crippen molar-refractivity contribution in [3.8, 4) is 16.5 Å². The Balaban J connectivity index is 2.35. The topological polar surface area (TPSA) is 52.9 Å². The number of hydrogen-bond acceptors (Lipinski definition) is 3. The van der Waals surface area contributed by atoms with E-state index >= 15 is 0 Å². The minimum atomic E-state index is -0.437. The van der Waals surface area contributed by atoms with E-state index in [9.17, 15) is 9.18 Å². The van der Waals surface area contributed by atoms with Gasteiger partial charge in [0.05, 0.1) is 0 Å². The molecule has 0 saturated carbocycles. The smallest absolute Gasteiger partial charge is 0.261 e. The number of amides is 1. The van der Waals surface area contributed by atoms with Crippen LogP contribution in [0.5, 0.6) is 0 Å². The van der Waals surface area contributed by atoms with Crippen LogP contribution < -0.4 is 5.32 Å². The van der Waals surface area contributed by atoms with Crippen molar-refractivity contribution in [2.75, 3.05) is 7.05 Å². The Morgan fingerprint density at radius 3 is 2.75 bits per heavy atom. The van der Waals surface area contributed by atoms with Crippen LogP contribution in [0.25, 0.3) is 16.5 Å². The van der Waals surface area contributed by atoms with Crippen molar-refractivity contribution in [1.82, 2.24) is 5.32 Å². The second-order valence-corrected chi connectivity index (χ2v) is 5.05. The molecule has 2 aromatic rings. The molecule has 0 unspecified atom stereocenters. The first kappa shape index (κ1) is 14.0. The van der Waals surface area contributed by atoms with E-state index in [0.717, 1.165) is 9.75 Å². The number of benzene rings is 1. The van der Waals surface area contributed by atoms with E-state index in [0.29, 0.717) is 5.56 Å². The van der Waals surface area contributed by atoms with Crippen LogP contribution in [0, 0.1) is 17.1 Å². The second kappa shape index (κ2) is 6.13. The summed E-state index contributed by atoms with van der Waals surface area (Å²) < 4.78 is 13.7. The van der Waals surface area contributed by atoms with Crippen LogP contribution in [-0.2, 0) is 4.79 Å². The third-order valence-electron chi connectivity index (χ3n) is 2.64. The van der Waals surface area contributed by atoms with Gasteiger partial charge in [-0.15, -0.1) is 11.3 Å². The minimum absolute atomic E-state index is 0.0226. The number of rotatable bonds is 3. The molecule has 0 aliphatic carbocycles. The molecule has 0 spiro atoms. The summed E-state index contributed by atoms with van der Waals surface area (Å²) in [6.45, 7) is 0. The summed E-state index contributed by atoms with van der Waals surface area (Å²) >= 11 is 1.32. The molecule has 0 fully saturated rings. The molecule has 0 saturated heterocycles. The van der Waals surface area contributed by atoms with Crippen molar-refractivity contribution in [1.29, 1.82) is 5.26 Å². The maximum absolute atomic E-state index is 13.7. The van der Waals surface area contributed by atoms with E-state index in [1.807, 2.05) is 6.07 Å². The Morgan fingerprint density at radius 1 is 1.35 bits per heavy atom. The van der Waals surface area contributed by atoms with E-state index in [2.05, 4.69) is 5.32 Å². The SMILES string of the molecule is CNC(=O)C(C#N)=Cc1ccc(-c2ccccc2F)s1. The molecule has 0 atom stereocenters. The van der Waals surface area contributed by atoms with Crippen LogP contribution in [0.2, 0.25) is 0 Å². The average Bonchev–Trinajstić information content (AvgIpc) is 2.92. The maximum Gasteiger partial charge on any atom is 0.261 e. The predicted molar refractivity (Wildman–Crippen MR) is 77.4 cm³/mol. The third kappa shape index (κ3) is 2.92. The van der Waals surface area contributed by atoms with Gasteiger partial charge in [0, 0.05) is 22.4 Å². The van der Waals surface area contributed by atoms with Crippen LogP contribution >= 0.6 is 11.3 Å². The number of nitrogens with one attached hydrogen (secondary N) is 1. The lowest BCUT2D eigenvalue weighted by molar-refractivity contribution is -0.116. The van der Waals surface area contributed by atoms with Gasteiger partial charge in [-0.3, -0.25) is 4.79 Å². The Kier molecular flexibility index (Phi) is 4.28. The van der Waals surface area contributed by atoms with Gasteiger partial charge in [-0.25, -0.2) is 4.39 Å². The van der Waals surface area contributed by atoms with E-state index in [4.69, 9.17) is 5.26 Å². The lowest BCUT2D eigenvalue weighted by Gasteiger charge is -1.98. The van der Waals surface area contributed by atoms with Gasteiger partial charge in [-0.2, -0.15) is 5.26 Å². The van der Waals surface area contributed by atoms with Gasteiger partial charge < -0.3 is 5.32 Å². The number of thiophene rings is 1. The first-order valence-electron chi connectivity index (χ1n) is 5.84. The molecular formula is C15H11FN2OS. The summed E-state index contributed by atoms with van der Waals surface area (Å²) in [6, 6.07) is 11.9. The molecule has 0 radical (unpaired) electrons. The van der Waals surface area contributed by atoms with Crippen molar-refractivity contribution in [3.05, 3.63) is 52.7 Å².